The highest BCUT2D eigenvalue weighted by Crippen LogP contribution is 2.35. The molecule has 1 rings (SSSR count). The lowest BCUT2D eigenvalue weighted by Gasteiger charge is -2.12. The van der Waals surface area contributed by atoms with E-state index in [4.69, 9.17) is 10.8 Å². The van der Waals surface area contributed by atoms with Crippen LogP contribution in [0, 0.1) is 0 Å². The van der Waals surface area contributed by atoms with Crippen LogP contribution in [0.1, 0.15) is 11.7 Å². The number of hydrogen-bond acceptors (Lipinski definition) is 5. The summed E-state index contributed by atoms with van der Waals surface area (Å²) in [7, 11) is 0. The first-order valence-corrected chi connectivity index (χ1v) is 3.69. The van der Waals surface area contributed by atoms with Crippen molar-refractivity contribution in [3.63, 3.8) is 0 Å². The molecular weight excluding hydrogens is 174 g/mol. The summed E-state index contributed by atoms with van der Waals surface area (Å²) < 4.78 is 0. The molecule has 0 unspecified atom stereocenters. The number of hydrogen-bond donors (Lipinski definition) is 5. The minimum atomic E-state index is -1.14. The molecule has 0 aliphatic rings. The third kappa shape index (κ3) is 1.82. The van der Waals surface area contributed by atoms with Crippen molar-refractivity contribution in [3.8, 4) is 17.2 Å². The molecule has 0 saturated carbocycles. The maximum absolute atomic E-state index is 9.26. The molecule has 5 nitrogen and oxygen atoms in total. The summed E-state index contributed by atoms with van der Waals surface area (Å²) in [4.78, 5) is 0. The molecule has 5 heteroatoms. The lowest BCUT2D eigenvalue weighted by Crippen LogP contribution is -2.11. The van der Waals surface area contributed by atoms with E-state index in [0.717, 1.165) is 12.1 Å². The Morgan fingerprint density at radius 3 is 2.00 bits per heavy atom. The van der Waals surface area contributed by atoms with Gasteiger partial charge in [0.25, 0.3) is 0 Å². The largest absolute Gasteiger partial charge is 0.508 e. The van der Waals surface area contributed by atoms with Gasteiger partial charge in [-0.1, -0.05) is 0 Å². The monoisotopic (exact) mass is 185 g/mol. The van der Waals surface area contributed by atoms with Gasteiger partial charge >= 0.3 is 0 Å². The first-order valence-electron chi connectivity index (χ1n) is 3.69. The highest BCUT2D eigenvalue weighted by atomic mass is 16.3. The lowest BCUT2D eigenvalue weighted by molar-refractivity contribution is 0.178. The fourth-order valence-electron chi connectivity index (χ4n) is 1.07. The second-order valence-corrected chi connectivity index (χ2v) is 2.65. The quantitative estimate of drug-likeness (QED) is 0.438. The third-order valence-electron chi connectivity index (χ3n) is 1.68. The van der Waals surface area contributed by atoms with Crippen molar-refractivity contribution in [1.82, 2.24) is 0 Å². The Labute approximate surface area is 74.7 Å². The molecule has 0 amide bonds. The van der Waals surface area contributed by atoms with Crippen molar-refractivity contribution in [1.29, 1.82) is 0 Å². The Bertz CT molecular complexity index is 290. The number of benzene rings is 1. The Morgan fingerprint density at radius 2 is 1.62 bits per heavy atom. The highest BCUT2D eigenvalue weighted by molar-refractivity contribution is 5.49. The van der Waals surface area contributed by atoms with Crippen molar-refractivity contribution in [2.75, 3.05) is 6.54 Å². The first-order chi connectivity index (χ1) is 6.06. The summed E-state index contributed by atoms with van der Waals surface area (Å²) in [5, 5.41) is 36.7. The summed E-state index contributed by atoms with van der Waals surface area (Å²) in [6, 6.07) is 2.04. The average molecular weight is 185 g/mol. The zero-order chi connectivity index (χ0) is 10.0. The molecule has 1 atom stereocenters. The molecule has 1 aromatic rings. The van der Waals surface area contributed by atoms with E-state index < -0.39 is 6.10 Å². The Kier molecular flexibility index (Phi) is 2.60. The molecular formula is C8H11NO4. The molecule has 1 aromatic carbocycles. The van der Waals surface area contributed by atoms with Gasteiger partial charge in [-0.15, -0.1) is 0 Å². The lowest BCUT2D eigenvalue weighted by atomic mass is 10.1. The van der Waals surface area contributed by atoms with Gasteiger partial charge in [0.2, 0.25) is 0 Å². The Hall–Kier alpha value is -1.46. The van der Waals surface area contributed by atoms with Crippen molar-refractivity contribution >= 4 is 0 Å². The number of aromatic hydroxyl groups is 3. The maximum Gasteiger partial charge on any atom is 0.128 e. The van der Waals surface area contributed by atoms with Crippen LogP contribution < -0.4 is 5.73 Å². The van der Waals surface area contributed by atoms with E-state index in [2.05, 4.69) is 0 Å². The zero-order valence-corrected chi connectivity index (χ0v) is 6.81. The first kappa shape index (κ1) is 9.63. The van der Waals surface area contributed by atoms with Gasteiger partial charge in [0.1, 0.15) is 17.2 Å². The van der Waals surface area contributed by atoms with Crippen LogP contribution in [-0.4, -0.2) is 27.0 Å². The Balaban J connectivity index is 3.20. The van der Waals surface area contributed by atoms with E-state index in [1.807, 2.05) is 0 Å². The van der Waals surface area contributed by atoms with Crippen molar-refractivity contribution in [2.45, 2.75) is 6.10 Å². The summed E-state index contributed by atoms with van der Waals surface area (Å²) in [5.74, 6) is -1.03. The van der Waals surface area contributed by atoms with Gasteiger partial charge in [-0.3, -0.25) is 0 Å². The number of phenols is 3. The predicted octanol–water partition coefficient (Wildman–Crippen LogP) is -0.205. The summed E-state index contributed by atoms with van der Waals surface area (Å²) in [6.07, 6.45) is -1.14. The number of nitrogens with two attached hydrogens (primary N) is 1. The molecule has 0 aromatic heterocycles. The molecule has 0 heterocycles. The fraction of sp³-hybridized carbons (Fsp3) is 0.250. The van der Waals surface area contributed by atoms with E-state index in [1.165, 1.54) is 0 Å². The molecule has 6 N–H and O–H groups in total. The second kappa shape index (κ2) is 3.51. The normalized spacial score (nSPS) is 12.8. The van der Waals surface area contributed by atoms with Crippen LogP contribution in [0.25, 0.3) is 0 Å². The van der Waals surface area contributed by atoms with E-state index >= 15 is 0 Å². The van der Waals surface area contributed by atoms with E-state index in [1.54, 1.807) is 0 Å². The topological polar surface area (TPSA) is 107 Å². The average Bonchev–Trinajstić information content (AvgIpc) is 2.02. The maximum atomic E-state index is 9.26. The molecule has 0 radical (unpaired) electrons. The molecule has 0 aliphatic carbocycles. The van der Waals surface area contributed by atoms with Crippen LogP contribution in [-0.2, 0) is 0 Å². The van der Waals surface area contributed by atoms with Gasteiger partial charge in [-0.2, -0.15) is 0 Å². The third-order valence-corrected chi connectivity index (χ3v) is 1.68. The van der Waals surface area contributed by atoms with Crippen LogP contribution in [0.5, 0.6) is 17.2 Å². The predicted molar refractivity (Wildman–Crippen MR) is 45.5 cm³/mol. The van der Waals surface area contributed by atoms with Gasteiger partial charge in [0.15, 0.2) is 0 Å². The molecule has 0 saturated heterocycles. The zero-order valence-electron chi connectivity index (χ0n) is 6.81. The number of aliphatic hydroxyl groups excluding tert-OH is 1. The van der Waals surface area contributed by atoms with Gasteiger partial charge in [0, 0.05) is 18.7 Å². The van der Waals surface area contributed by atoms with Crippen LogP contribution in [0.2, 0.25) is 0 Å². The fourth-order valence-corrected chi connectivity index (χ4v) is 1.07. The standard InChI is InChI=1S/C8H11NO4/c9-3-7(13)8-5(11)1-4(10)2-6(8)12/h1-2,7,10-13H,3,9H2/t7-/m1/s1. The second-order valence-electron chi connectivity index (χ2n) is 2.65. The minimum absolute atomic E-state index is 0.0692. The number of aliphatic hydroxyl groups is 1. The molecule has 0 aliphatic heterocycles. The molecule has 0 spiro atoms. The van der Waals surface area contributed by atoms with Gasteiger partial charge in [-0.25, -0.2) is 0 Å². The van der Waals surface area contributed by atoms with Crippen molar-refractivity contribution in [2.24, 2.45) is 5.73 Å². The molecule has 0 bridgehead atoms. The molecule has 13 heavy (non-hydrogen) atoms. The van der Waals surface area contributed by atoms with E-state index in [9.17, 15) is 15.3 Å². The summed E-state index contributed by atoms with van der Waals surface area (Å²) in [5.41, 5.74) is 5.08. The van der Waals surface area contributed by atoms with Gasteiger partial charge < -0.3 is 26.2 Å². The van der Waals surface area contributed by atoms with Crippen LogP contribution in [0.15, 0.2) is 12.1 Å². The van der Waals surface area contributed by atoms with Crippen LogP contribution in [0.4, 0.5) is 0 Å². The molecule has 0 fully saturated rings. The minimum Gasteiger partial charge on any atom is -0.508 e. The van der Waals surface area contributed by atoms with Gasteiger partial charge in [0.05, 0.1) is 11.7 Å². The summed E-state index contributed by atoms with van der Waals surface area (Å²) in [6.45, 7) is -0.119. The Morgan fingerprint density at radius 1 is 1.15 bits per heavy atom. The van der Waals surface area contributed by atoms with Gasteiger partial charge in [-0.05, 0) is 0 Å². The number of rotatable bonds is 2. The van der Waals surface area contributed by atoms with E-state index in [-0.39, 0.29) is 29.4 Å². The highest BCUT2D eigenvalue weighted by Gasteiger charge is 2.16. The van der Waals surface area contributed by atoms with Crippen LogP contribution >= 0.6 is 0 Å². The smallest absolute Gasteiger partial charge is 0.128 e. The van der Waals surface area contributed by atoms with Crippen molar-refractivity contribution in [3.05, 3.63) is 17.7 Å². The van der Waals surface area contributed by atoms with Crippen molar-refractivity contribution < 1.29 is 20.4 Å². The number of phenolic OH excluding ortho intramolecular Hbond substituents is 3. The van der Waals surface area contributed by atoms with Crippen LogP contribution in [0.3, 0.4) is 0 Å². The molecule has 72 valence electrons. The van der Waals surface area contributed by atoms with E-state index in [0.29, 0.717) is 0 Å². The SMILES string of the molecule is NC[C@@H](O)c1c(O)cc(O)cc1O. The summed E-state index contributed by atoms with van der Waals surface area (Å²) >= 11 is 0.